The van der Waals surface area contributed by atoms with Crippen LogP contribution in [0.1, 0.15) is 43.7 Å². The quantitative estimate of drug-likeness (QED) is 0.585. The van der Waals surface area contributed by atoms with Crippen LogP contribution in [-0.4, -0.2) is 5.78 Å². The van der Waals surface area contributed by atoms with E-state index in [0.29, 0.717) is 0 Å². The summed E-state index contributed by atoms with van der Waals surface area (Å²) >= 11 is 0. The van der Waals surface area contributed by atoms with Gasteiger partial charge in [0.05, 0.1) is 0 Å². The van der Waals surface area contributed by atoms with Crippen LogP contribution in [0.5, 0.6) is 0 Å². The molecule has 0 unspecified atom stereocenters. The Morgan fingerprint density at radius 3 is 1.72 bits per heavy atom. The standard InChI is InChI=1S/C24H20O/c1-15-6-4-8-18(12-15)22-20-11-10-17(3)14-21(20)24(25)23(22)19-9-5-7-16(2)13-19/h4-14H,1-3H3. The lowest BCUT2D eigenvalue weighted by molar-refractivity contribution is 0.105. The Morgan fingerprint density at radius 2 is 1.12 bits per heavy atom. The highest BCUT2D eigenvalue weighted by molar-refractivity contribution is 6.41. The van der Waals surface area contributed by atoms with Crippen LogP contribution >= 0.6 is 0 Å². The van der Waals surface area contributed by atoms with Crippen LogP contribution < -0.4 is 0 Å². The van der Waals surface area contributed by atoms with Crippen molar-refractivity contribution in [1.82, 2.24) is 0 Å². The van der Waals surface area contributed by atoms with Crippen molar-refractivity contribution in [2.45, 2.75) is 20.8 Å². The van der Waals surface area contributed by atoms with Crippen molar-refractivity contribution < 1.29 is 4.79 Å². The second-order valence-electron chi connectivity index (χ2n) is 6.87. The smallest absolute Gasteiger partial charge is 0.194 e. The normalized spacial score (nSPS) is 13.3. The van der Waals surface area contributed by atoms with Crippen LogP contribution in [0.4, 0.5) is 0 Å². The largest absolute Gasteiger partial charge is 0.289 e. The van der Waals surface area contributed by atoms with Crippen LogP contribution in [0.25, 0.3) is 11.1 Å². The van der Waals surface area contributed by atoms with Crippen molar-refractivity contribution in [2.24, 2.45) is 0 Å². The molecule has 4 rings (SSSR count). The van der Waals surface area contributed by atoms with E-state index in [0.717, 1.165) is 44.5 Å². The van der Waals surface area contributed by atoms with E-state index in [-0.39, 0.29) is 5.78 Å². The number of hydrogen-bond acceptors (Lipinski definition) is 1. The zero-order chi connectivity index (χ0) is 17.6. The molecule has 1 aliphatic carbocycles. The number of carbonyl (C=O) groups excluding carboxylic acids is 1. The molecule has 0 saturated heterocycles. The molecule has 3 aromatic rings. The summed E-state index contributed by atoms with van der Waals surface area (Å²) < 4.78 is 0. The third-order valence-electron chi connectivity index (χ3n) is 4.78. The highest BCUT2D eigenvalue weighted by Gasteiger charge is 2.31. The van der Waals surface area contributed by atoms with E-state index in [1.165, 1.54) is 5.56 Å². The minimum atomic E-state index is 0.126. The Kier molecular flexibility index (Phi) is 3.65. The van der Waals surface area contributed by atoms with Gasteiger partial charge in [-0.2, -0.15) is 0 Å². The van der Waals surface area contributed by atoms with Gasteiger partial charge in [-0.05, 0) is 43.5 Å². The number of carbonyl (C=O) groups is 1. The van der Waals surface area contributed by atoms with Crippen molar-refractivity contribution in [3.63, 3.8) is 0 Å². The van der Waals surface area contributed by atoms with Gasteiger partial charge >= 0.3 is 0 Å². The van der Waals surface area contributed by atoms with E-state index in [1.54, 1.807) is 0 Å². The molecule has 0 amide bonds. The Labute approximate surface area is 148 Å². The van der Waals surface area contributed by atoms with Gasteiger partial charge in [-0.1, -0.05) is 77.4 Å². The van der Waals surface area contributed by atoms with Crippen LogP contribution in [0.15, 0.2) is 66.7 Å². The summed E-state index contributed by atoms with van der Waals surface area (Å²) in [4.78, 5) is 13.3. The van der Waals surface area contributed by atoms with Gasteiger partial charge in [0.25, 0.3) is 0 Å². The lowest BCUT2D eigenvalue weighted by atomic mass is 9.93. The second kappa shape index (κ2) is 5.86. The molecule has 0 saturated carbocycles. The van der Waals surface area contributed by atoms with E-state index < -0.39 is 0 Å². The minimum absolute atomic E-state index is 0.126. The molecule has 1 aliphatic rings. The van der Waals surface area contributed by atoms with Crippen LogP contribution in [-0.2, 0) is 0 Å². The SMILES string of the molecule is Cc1cccc(C2=C(c3cccc(C)c3)c3ccc(C)cc3C2=O)c1. The molecule has 0 N–H and O–H groups in total. The number of benzene rings is 3. The number of ketones is 1. The molecule has 0 spiro atoms. The molecule has 0 atom stereocenters. The van der Waals surface area contributed by atoms with E-state index in [2.05, 4.69) is 62.4 Å². The van der Waals surface area contributed by atoms with Crippen molar-refractivity contribution in [1.29, 1.82) is 0 Å². The molecule has 0 aliphatic heterocycles. The number of fused-ring (bicyclic) bond motifs is 1. The number of allylic oxidation sites excluding steroid dienone is 1. The van der Waals surface area contributed by atoms with Crippen LogP contribution in [0.2, 0.25) is 0 Å². The summed E-state index contributed by atoms with van der Waals surface area (Å²) in [5, 5.41) is 0. The summed E-state index contributed by atoms with van der Waals surface area (Å²) in [6.45, 7) is 6.18. The van der Waals surface area contributed by atoms with E-state index >= 15 is 0 Å². The van der Waals surface area contributed by atoms with Gasteiger partial charge in [0.2, 0.25) is 0 Å². The first-order valence-corrected chi connectivity index (χ1v) is 8.58. The fraction of sp³-hybridized carbons (Fsp3) is 0.125. The lowest BCUT2D eigenvalue weighted by Gasteiger charge is -2.10. The average Bonchev–Trinajstić information content (AvgIpc) is 2.87. The zero-order valence-corrected chi connectivity index (χ0v) is 14.8. The molecule has 0 heterocycles. The lowest BCUT2D eigenvalue weighted by Crippen LogP contribution is -1.99. The molecule has 1 nitrogen and oxygen atoms in total. The van der Waals surface area contributed by atoms with Gasteiger partial charge in [-0.25, -0.2) is 0 Å². The van der Waals surface area contributed by atoms with Crippen LogP contribution in [0.3, 0.4) is 0 Å². The van der Waals surface area contributed by atoms with Gasteiger partial charge in [-0.15, -0.1) is 0 Å². The molecule has 0 radical (unpaired) electrons. The zero-order valence-electron chi connectivity index (χ0n) is 14.8. The third kappa shape index (κ3) is 2.62. The van der Waals surface area contributed by atoms with Gasteiger partial charge in [0, 0.05) is 16.7 Å². The predicted octanol–water partition coefficient (Wildman–Crippen LogP) is 5.77. The molecule has 0 fully saturated rings. The van der Waals surface area contributed by atoms with Gasteiger partial charge in [-0.3, -0.25) is 4.79 Å². The summed E-state index contributed by atoms with van der Waals surface area (Å²) in [5.74, 6) is 0.126. The summed E-state index contributed by atoms with van der Waals surface area (Å²) in [5.41, 5.74) is 9.29. The number of hydrogen-bond donors (Lipinski definition) is 0. The molecular weight excluding hydrogens is 304 g/mol. The first kappa shape index (κ1) is 15.6. The van der Waals surface area contributed by atoms with Crippen molar-refractivity contribution >= 4 is 16.9 Å². The monoisotopic (exact) mass is 324 g/mol. The topological polar surface area (TPSA) is 17.1 Å². The number of Topliss-reactive ketones (excluding diaryl/α,β-unsaturated/α-hetero) is 1. The maximum absolute atomic E-state index is 13.3. The first-order valence-electron chi connectivity index (χ1n) is 8.58. The predicted molar refractivity (Wildman–Crippen MR) is 104 cm³/mol. The van der Waals surface area contributed by atoms with Gasteiger partial charge < -0.3 is 0 Å². The Hall–Kier alpha value is -2.93. The summed E-state index contributed by atoms with van der Waals surface area (Å²) in [7, 11) is 0. The van der Waals surface area contributed by atoms with E-state index in [4.69, 9.17) is 0 Å². The molecule has 122 valence electrons. The average molecular weight is 324 g/mol. The maximum Gasteiger partial charge on any atom is 0.194 e. The molecule has 1 heteroatoms. The maximum atomic E-state index is 13.3. The Morgan fingerprint density at radius 1 is 0.560 bits per heavy atom. The van der Waals surface area contributed by atoms with Gasteiger partial charge in [0.1, 0.15) is 0 Å². The van der Waals surface area contributed by atoms with Crippen molar-refractivity contribution in [3.8, 4) is 0 Å². The first-order chi connectivity index (χ1) is 12.0. The Bertz CT molecular complexity index is 1040. The highest BCUT2D eigenvalue weighted by atomic mass is 16.1. The van der Waals surface area contributed by atoms with E-state index in [9.17, 15) is 4.79 Å². The Balaban J connectivity index is 2.05. The highest BCUT2D eigenvalue weighted by Crippen LogP contribution is 2.42. The van der Waals surface area contributed by atoms with Crippen molar-refractivity contribution in [2.75, 3.05) is 0 Å². The molecule has 3 aromatic carbocycles. The third-order valence-corrected chi connectivity index (χ3v) is 4.78. The molecular formula is C24H20O. The van der Waals surface area contributed by atoms with Crippen molar-refractivity contribution in [3.05, 3.63) is 106 Å². The van der Waals surface area contributed by atoms with E-state index in [1.807, 2.05) is 25.1 Å². The van der Waals surface area contributed by atoms with Gasteiger partial charge in [0.15, 0.2) is 5.78 Å². The molecule has 25 heavy (non-hydrogen) atoms. The number of aryl methyl sites for hydroxylation is 3. The molecule has 0 aromatic heterocycles. The number of rotatable bonds is 2. The minimum Gasteiger partial charge on any atom is -0.289 e. The fourth-order valence-corrected chi connectivity index (χ4v) is 3.62. The van der Waals surface area contributed by atoms with Crippen LogP contribution in [0, 0.1) is 20.8 Å². The summed E-state index contributed by atoms with van der Waals surface area (Å²) in [6.07, 6.45) is 0. The summed E-state index contributed by atoms with van der Waals surface area (Å²) in [6, 6.07) is 22.8. The second-order valence-corrected chi connectivity index (χ2v) is 6.87. The fourth-order valence-electron chi connectivity index (χ4n) is 3.62. The molecule has 0 bridgehead atoms.